The molecular weight excluding hydrogens is 286 g/mol. The van der Waals surface area contributed by atoms with E-state index >= 15 is 0 Å². The molecule has 1 N–H and O–H groups in total. The molecule has 1 aliphatic carbocycles. The van der Waals surface area contributed by atoms with Crippen LogP contribution in [0.4, 0.5) is 0 Å². The lowest BCUT2D eigenvalue weighted by atomic mass is 9.74. The van der Waals surface area contributed by atoms with Crippen molar-refractivity contribution in [3.8, 4) is 0 Å². The van der Waals surface area contributed by atoms with Crippen molar-refractivity contribution in [3.05, 3.63) is 34.3 Å². The molecule has 1 nitrogen and oxygen atoms in total. The van der Waals surface area contributed by atoms with E-state index in [0.717, 1.165) is 13.1 Å². The van der Waals surface area contributed by atoms with E-state index in [4.69, 9.17) is 0 Å². The highest BCUT2D eigenvalue weighted by Crippen LogP contribution is 2.38. The number of halogens is 1. The molecule has 1 aromatic carbocycles. The summed E-state index contributed by atoms with van der Waals surface area (Å²) in [4.78, 5) is 0. The van der Waals surface area contributed by atoms with Crippen molar-refractivity contribution >= 4 is 15.9 Å². The average molecular weight is 310 g/mol. The molecule has 0 heterocycles. The molecule has 0 atom stereocenters. The van der Waals surface area contributed by atoms with Gasteiger partial charge in [-0.15, -0.1) is 0 Å². The van der Waals surface area contributed by atoms with Gasteiger partial charge >= 0.3 is 0 Å². The molecule has 1 fully saturated rings. The topological polar surface area (TPSA) is 12.0 Å². The largest absolute Gasteiger partial charge is 0.316 e. The second-order valence-corrected chi connectivity index (χ2v) is 6.40. The second kappa shape index (κ2) is 6.72. The lowest BCUT2D eigenvalue weighted by Crippen LogP contribution is -2.38. The van der Waals surface area contributed by atoms with E-state index < -0.39 is 0 Å². The van der Waals surface area contributed by atoms with Crippen LogP contribution in [0.5, 0.6) is 0 Å². The number of rotatable bonds is 4. The van der Waals surface area contributed by atoms with Crippen LogP contribution >= 0.6 is 15.9 Å². The molecule has 1 saturated carbocycles. The quantitative estimate of drug-likeness (QED) is 0.798. The number of hydrogen-bond acceptors (Lipinski definition) is 1. The van der Waals surface area contributed by atoms with Gasteiger partial charge in [-0.2, -0.15) is 0 Å². The fourth-order valence-corrected chi connectivity index (χ4v) is 3.55. The van der Waals surface area contributed by atoms with Gasteiger partial charge in [-0.1, -0.05) is 60.7 Å². The molecule has 0 amide bonds. The third-order valence-corrected chi connectivity index (χ3v) is 4.70. The van der Waals surface area contributed by atoms with E-state index in [1.54, 1.807) is 0 Å². The third-order valence-electron chi connectivity index (χ3n) is 4.21. The molecule has 2 heteroatoms. The summed E-state index contributed by atoms with van der Waals surface area (Å²) in [5, 5.41) is 3.59. The molecule has 0 unspecified atom stereocenters. The van der Waals surface area contributed by atoms with Crippen LogP contribution in [0.3, 0.4) is 0 Å². The number of likely N-dealkylation sites (N-methyl/N-ethyl adjacent to an activating group) is 1. The van der Waals surface area contributed by atoms with Crippen LogP contribution in [0, 0.1) is 0 Å². The standard InChI is InChI=1S/C16H24BrN/c1-2-18-13-16(10-5-3-4-6-11-16)14-8-7-9-15(17)12-14/h7-9,12,18H,2-6,10-11,13H2,1H3. The molecular formula is C16H24BrN. The first-order chi connectivity index (χ1) is 8.77. The average Bonchev–Trinajstić information content (AvgIpc) is 2.63. The maximum absolute atomic E-state index is 3.62. The van der Waals surface area contributed by atoms with Crippen molar-refractivity contribution in [2.75, 3.05) is 13.1 Å². The van der Waals surface area contributed by atoms with Gasteiger partial charge in [0.25, 0.3) is 0 Å². The molecule has 0 radical (unpaired) electrons. The van der Waals surface area contributed by atoms with Crippen LogP contribution < -0.4 is 5.32 Å². The van der Waals surface area contributed by atoms with E-state index in [9.17, 15) is 0 Å². The number of benzene rings is 1. The van der Waals surface area contributed by atoms with Crippen molar-refractivity contribution < 1.29 is 0 Å². The van der Waals surface area contributed by atoms with Crippen LogP contribution in [0.2, 0.25) is 0 Å². The highest BCUT2D eigenvalue weighted by Gasteiger charge is 2.32. The van der Waals surface area contributed by atoms with Crippen LogP contribution in [-0.4, -0.2) is 13.1 Å². The first-order valence-electron chi connectivity index (χ1n) is 7.24. The Morgan fingerprint density at radius 1 is 1.17 bits per heavy atom. The summed E-state index contributed by atoms with van der Waals surface area (Å²) in [6, 6.07) is 8.94. The fraction of sp³-hybridized carbons (Fsp3) is 0.625. The Labute approximate surface area is 119 Å². The zero-order valence-electron chi connectivity index (χ0n) is 11.3. The van der Waals surface area contributed by atoms with Crippen molar-refractivity contribution in [1.29, 1.82) is 0 Å². The van der Waals surface area contributed by atoms with Gasteiger partial charge in [0.15, 0.2) is 0 Å². The summed E-state index contributed by atoms with van der Waals surface area (Å²) >= 11 is 3.62. The minimum Gasteiger partial charge on any atom is -0.316 e. The normalized spacial score (nSPS) is 19.4. The summed E-state index contributed by atoms with van der Waals surface area (Å²) in [6.07, 6.45) is 8.21. The summed E-state index contributed by atoms with van der Waals surface area (Å²) in [7, 11) is 0. The van der Waals surface area contributed by atoms with Gasteiger partial charge in [-0.25, -0.2) is 0 Å². The monoisotopic (exact) mass is 309 g/mol. The first-order valence-corrected chi connectivity index (χ1v) is 8.03. The molecule has 0 saturated heterocycles. The highest BCUT2D eigenvalue weighted by molar-refractivity contribution is 9.10. The summed E-state index contributed by atoms with van der Waals surface area (Å²) in [5.74, 6) is 0. The van der Waals surface area contributed by atoms with Crippen molar-refractivity contribution in [3.63, 3.8) is 0 Å². The lowest BCUT2D eigenvalue weighted by Gasteiger charge is -2.34. The summed E-state index contributed by atoms with van der Waals surface area (Å²) < 4.78 is 1.21. The molecule has 0 aromatic heterocycles. The maximum atomic E-state index is 3.62. The zero-order valence-corrected chi connectivity index (χ0v) is 12.9. The van der Waals surface area contributed by atoms with Crippen molar-refractivity contribution in [1.82, 2.24) is 5.32 Å². The Balaban J connectivity index is 2.27. The van der Waals surface area contributed by atoms with Gasteiger partial charge in [-0.3, -0.25) is 0 Å². The van der Waals surface area contributed by atoms with Gasteiger partial charge in [0.1, 0.15) is 0 Å². The minimum atomic E-state index is 0.357. The van der Waals surface area contributed by atoms with Crippen LogP contribution in [0.15, 0.2) is 28.7 Å². The molecule has 0 bridgehead atoms. The first kappa shape index (κ1) is 14.1. The zero-order chi connectivity index (χ0) is 12.8. The second-order valence-electron chi connectivity index (χ2n) is 5.49. The molecule has 100 valence electrons. The predicted octanol–water partition coefficient (Wildman–Crippen LogP) is 4.65. The Hall–Kier alpha value is -0.340. The molecule has 18 heavy (non-hydrogen) atoms. The number of hydrogen-bond donors (Lipinski definition) is 1. The molecule has 0 aliphatic heterocycles. The smallest absolute Gasteiger partial charge is 0.0178 e. The molecule has 0 spiro atoms. The third kappa shape index (κ3) is 3.36. The Bertz CT molecular complexity index is 367. The van der Waals surface area contributed by atoms with E-state index in [2.05, 4.69) is 52.4 Å². The van der Waals surface area contributed by atoms with Crippen molar-refractivity contribution in [2.45, 2.75) is 50.9 Å². The van der Waals surface area contributed by atoms with Gasteiger partial charge in [0.2, 0.25) is 0 Å². The van der Waals surface area contributed by atoms with Crippen LogP contribution in [-0.2, 0) is 5.41 Å². The summed E-state index contributed by atoms with van der Waals surface area (Å²) in [6.45, 7) is 4.39. The van der Waals surface area contributed by atoms with E-state index in [1.165, 1.54) is 48.6 Å². The number of nitrogens with one attached hydrogen (secondary N) is 1. The molecule has 1 aromatic rings. The van der Waals surface area contributed by atoms with E-state index in [0.29, 0.717) is 5.41 Å². The lowest BCUT2D eigenvalue weighted by molar-refractivity contribution is 0.350. The van der Waals surface area contributed by atoms with Crippen LogP contribution in [0.1, 0.15) is 51.0 Å². The van der Waals surface area contributed by atoms with Gasteiger partial charge in [-0.05, 0) is 37.1 Å². The van der Waals surface area contributed by atoms with Gasteiger partial charge in [0.05, 0.1) is 0 Å². The van der Waals surface area contributed by atoms with Gasteiger partial charge < -0.3 is 5.32 Å². The van der Waals surface area contributed by atoms with E-state index in [-0.39, 0.29) is 0 Å². The Morgan fingerprint density at radius 2 is 1.89 bits per heavy atom. The minimum absolute atomic E-state index is 0.357. The Kier molecular flexibility index (Phi) is 5.25. The summed E-state index contributed by atoms with van der Waals surface area (Å²) in [5.41, 5.74) is 1.87. The van der Waals surface area contributed by atoms with Gasteiger partial charge in [0, 0.05) is 16.4 Å². The fourth-order valence-electron chi connectivity index (χ4n) is 3.16. The molecule has 2 rings (SSSR count). The Morgan fingerprint density at radius 3 is 2.50 bits per heavy atom. The van der Waals surface area contributed by atoms with E-state index in [1.807, 2.05) is 0 Å². The highest BCUT2D eigenvalue weighted by atomic mass is 79.9. The maximum Gasteiger partial charge on any atom is 0.0178 e. The SMILES string of the molecule is CCNCC1(c2cccc(Br)c2)CCCCCC1. The van der Waals surface area contributed by atoms with Crippen molar-refractivity contribution in [2.24, 2.45) is 0 Å². The molecule has 1 aliphatic rings. The predicted molar refractivity (Wildman–Crippen MR) is 82.1 cm³/mol. The van der Waals surface area contributed by atoms with Crippen LogP contribution in [0.25, 0.3) is 0 Å².